The van der Waals surface area contributed by atoms with Crippen LogP contribution in [0, 0.1) is 0 Å². The Morgan fingerprint density at radius 3 is 2.23 bits per heavy atom. The minimum Gasteiger partial charge on any atom is -0.324 e. The van der Waals surface area contributed by atoms with Crippen molar-refractivity contribution in [3.8, 4) is 0 Å². The first-order valence-corrected chi connectivity index (χ1v) is 7.15. The molecule has 0 heterocycles. The average molecular weight is 200 g/mol. The van der Waals surface area contributed by atoms with Crippen molar-refractivity contribution in [2.45, 2.75) is 33.2 Å². The van der Waals surface area contributed by atoms with Crippen molar-refractivity contribution in [3.63, 3.8) is 0 Å². The molecule has 0 aromatic rings. The van der Waals surface area contributed by atoms with E-state index in [1.165, 1.54) is 0 Å². The maximum absolute atomic E-state index is 3.89. The first-order chi connectivity index (χ1) is 6.15. The Labute approximate surface area is 84.7 Å². The van der Waals surface area contributed by atoms with Gasteiger partial charge in [-0.25, -0.2) is 0 Å². The molecule has 1 atom stereocenters. The van der Waals surface area contributed by atoms with E-state index in [0.717, 1.165) is 25.3 Å². The van der Waals surface area contributed by atoms with Crippen molar-refractivity contribution in [1.82, 2.24) is 9.88 Å². The second kappa shape index (κ2) is 7.30. The summed E-state index contributed by atoms with van der Waals surface area (Å²) in [5.74, 6) is 0. The Morgan fingerprint density at radius 1 is 1.38 bits per heavy atom. The summed E-state index contributed by atoms with van der Waals surface area (Å²) in [5, 5.41) is 0. The lowest BCUT2D eigenvalue weighted by atomic mass is 10.6. The molecule has 1 unspecified atom stereocenters. The van der Waals surface area contributed by atoms with Crippen LogP contribution in [-0.2, 0) is 0 Å². The Morgan fingerprint density at radius 2 is 1.92 bits per heavy atom. The van der Waals surface area contributed by atoms with Gasteiger partial charge < -0.3 is 4.98 Å². The fourth-order valence-electron chi connectivity index (χ4n) is 1.27. The predicted octanol–water partition coefficient (Wildman–Crippen LogP) is 1.73. The Kier molecular flexibility index (Phi) is 7.23. The van der Waals surface area contributed by atoms with E-state index in [9.17, 15) is 0 Å². The summed E-state index contributed by atoms with van der Waals surface area (Å²) in [6.45, 7) is 16.1. The van der Waals surface area contributed by atoms with Crippen LogP contribution in [0.1, 0.15) is 27.7 Å². The number of hydrogen-bond acceptors (Lipinski definition) is 2. The Hall–Kier alpha value is -0.123. The molecule has 78 valence electrons. The van der Waals surface area contributed by atoms with Crippen LogP contribution in [0.25, 0.3) is 0 Å². The molecule has 2 nitrogen and oxygen atoms in total. The van der Waals surface area contributed by atoms with Crippen LogP contribution in [0.3, 0.4) is 0 Å². The molecule has 3 heteroatoms. The van der Waals surface area contributed by atoms with Gasteiger partial charge in [0.1, 0.15) is 8.96 Å². The van der Waals surface area contributed by atoms with E-state index in [1.54, 1.807) is 0 Å². The second-order valence-corrected chi connectivity index (χ2v) is 6.94. The summed E-state index contributed by atoms with van der Waals surface area (Å²) in [5.41, 5.74) is 2.89. The van der Waals surface area contributed by atoms with Crippen molar-refractivity contribution in [1.29, 1.82) is 0 Å². The van der Waals surface area contributed by atoms with Gasteiger partial charge in [-0.3, -0.25) is 4.90 Å². The third-order valence-electron chi connectivity index (χ3n) is 2.42. The Bertz CT molecular complexity index is 133. The molecule has 0 rings (SSSR count). The number of rotatable bonds is 7. The molecule has 0 aliphatic rings. The number of nitrogens with zero attached hydrogens (tertiary/aromatic N) is 1. The molecule has 0 aliphatic carbocycles. The quantitative estimate of drug-likeness (QED) is 0.497. The molecule has 0 saturated carbocycles. The molecular weight excluding hydrogens is 176 g/mol. The van der Waals surface area contributed by atoms with Crippen LogP contribution in [0.15, 0.2) is 12.3 Å². The molecule has 0 fully saturated rings. The summed E-state index contributed by atoms with van der Waals surface area (Å²) in [6.07, 6.45) is 0. The predicted molar refractivity (Wildman–Crippen MR) is 63.4 cm³/mol. The van der Waals surface area contributed by atoms with Gasteiger partial charge in [-0.2, -0.15) is 0 Å². The van der Waals surface area contributed by atoms with E-state index in [-0.39, 0.29) is 0 Å². The smallest absolute Gasteiger partial charge is 0.136 e. The summed E-state index contributed by atoms with van der Waals surface area (Å²) >= 11 is 0. The number of hydrogen-bond donors (Lipinski definition) is 1. The standard InChI is InChI=1S/C10H24N2Si/c1-6-12(7-2)9-11-13(8-3)10(4)5/h8,10-11,13H,3,6-7,9H2,1-2,4-5H3. The van der Waals surface area contributed by atoms with Crippen molar-refractivity contribution < 1.29 is 0 Å². The van der Waals surface area contributed by atoms with Crippen LogP contribution < -0.4 is 4.98 Å². The van der Waals surface area contributed by atoms with Crippen molar-refractivity contribution in [2.75, 3.05) is 19.8 Å². The van der Waals surface area contributed by atoms with Crippen molar-refractivity contribution in [2.24, 2.45) is 0 Å². The zero-order valence-electron chi connectivity index (χ0n) is 9.51. The maximum atomic E-state index is 3.89. The van der Waals surface area contributed by atoms with Crippen molar-refractivity contribution >= 4 is 8.96 Å². The first-order valence-electron chi connectivity index (χ1n) is 5.23. The van der Waals surface area contributed by atoms with Gasteiger partial charge in [0.05, 0.1) is 0 Å². The minimum absolute atomic E-state index is 0.757. The SMILES string of the molecule is C=C[SiH](NCN(CC)CC)C(C)C. The van der Waals surface area contributed by atoms with Gasteiger partial charge in [0, 0.05) is 6.67 Å². The van der Waals surface area contributed by atoms with Gasteiger partial charge in [-0.1, -0.05) is 33.4 Å². The lowest BCUT2D eigenvalue weighted by Gasteiger charge is -2.23. The van der Waals surface area contributed by atoms with Crippen molar-refractivity contribution in [3.05, 3.63) is 12.3 Å². The molecule has 0 bridgehead atoms. The van der Waals surface area contributed by atoms with Gasteiger partial charge >= 0.3 is 0 Å². The Balaban J connectivity index is 3.76. The highest BCUT2D eigenvalue weighted by Gasteiger charge is 2.11. The second-order valence-electron chi connectivity index (χ2n) is 3.67. The van der Waals surface area contributed by atoms with Crippen LogP contribution >= 0.6 is 0 Å². The van der Waals surface area contributed by atoms with Gasteiger partial charge in [-0.15, -0.1) is 6.58 Å². The molecule has 0 amide bonds. The molecule has 0 aliphatic heterocycles. The summed E-state index contributed by atoms with van der Waals surface area (Å²) in [4.78, 5) is 6.01. The first kappa shape index (κ1) is 12.9. The molecular formula is C10H24N2Si. The number of nitrogens with one attached hydrogen (secondary N) is 1. The molecule has 13 heavy (non-hydrogen) atoms. The van der Waals surface area contributed by atoms with Gasteiger partial charge in [0.2, 0.25) is 0 Å². The topological polar surface area (TPSA) is 15.3 Å². The molecule has 0 aromatic heterocycles. The zero-order chi connectivity index (χ0) is 10.3. The summed E-state index contributed by atoms with van der Waals surface area (Å²) in [6, 6.07) is 0. The van der Waals surface area contributed by atoms with Crippen LogP contribution in [0.2, 0.25) is 5.54 Å². The highest BCUT2D eigenvalue weighted by Crippen LogP contribution is 2.04. The van der Waals surface area contributed by atoms with Gasteiger partial charge in [-0.05, 0) is 18.6 Å². The molecule has 0 spiro atoms. The average Bonchev–Trinajstić information content (AvgIpc) is 2.12. The molecule has 0 aromatic carbocycles. The molecule has 1 N–H and O–H groups in total. The minimum atomic E-state index is -0.898. The third kappa shape index (κ3) is 5.24. The fraction of sp³-hybridized carbons (Fsp3) is 0.800. The van der Waals surface area contributed by atoms with Crippen LogP contribution in [0.4, 0.5) is 0 Å². The lowest BCUT2D eigenvalue weighted by molar-refractivity contribution is 0.299. The van der Waals surface area contributed by atoms with Crippen LogP contribution in [-0.4, -0.2) is 33.6 Å². The van der Waals surface area contributed by atoms with E-state index >= 15 is 0 Å². The summed E-state index contributed by atoms with van der Waals surface area (Å²) in [7, 11) is -0.898. The van der Waals surface area contributed by atoms with E-state index in [1.807, 2.05) is 0 Å². The summed E-state index contributed by atoms with van der Waals surface area (Å²) < 4.78 is 0. The largest absolute Gasteiger partial charge is 0.324 e. The normalized spacial score (nSPS) is 13.7. The van der Waals surface area contributed by atoms with E-state index < -0.39 is 8.96 Å². The zero-order valence-corrected chi connectivity index (χ0v) is 10.7. The van der Waals surface area contributed by atoms with E-state index in [0.29, 0.717) is 0 Å². The van der Waals surface area contributed by atoms with Crippen LogP contribution in [0.5, 0.6) is 0 Å². The maximum Gasteiger partial charge on any atom is 0.136 e. The molecule has 0 radical (unpaired) electrons. The monoisotopic (exact) mass is 200 g/mol. The third-order valence-corrected chi connectivity index (χ3v) is 5.02. The fourth-order valence-corrected chi connectivity index (χ4v) is 2.92. The van der Waals surface area contributed by atoms with Gasteiger partial charge in [0.15, 0.2) is 0 Å². The van der Waals surface area contributed by atoms with E-state index in [4.69, 9.17) is 0 Å². The highest BCUT2D eigenvalue weighted by molar-refractivity contribution is 6.62. The molecule has 0 saturated heterocycles. The van der Waals surface area contributed by atoms with E-state index in [2.05, 4.69) is 49.9 Å². The highest BCUT2D eigenvalue weighted by atomic mass is 28.3. The van der Waals surface area contributed by atoms with Gasteiger partial charge in [0.25, 0.3) is 0 Å². The lowest BCUT2D eigenvalue weighted by Crippen LogP contribution is -2.43.